The molecule has 1 amide bonds. The number of halogens is 1. The molecular formula is C10H12BrNO2S. The lowest BCUT2D eigenvalue weighted by Gasteiger charge is -2.12. The van der Waals surface area contributed by atoms with Crippen molar-refractivity contribution in [3.63, 3.8) is 0 Å². The quantitative estimate of drug-likeness (QED) is 0.630. The van der Waals surface area contributed by atoms with Gasteiger partial charge in [0.25, 0.3) is 5.91 Å². The fourth-order valence-electron chi connectivity index (χ4n) is 0.869. The first-order chi connectivity index (χ1) is 7.13. The molecule has 0 aliphatic heterocycles. The van der Waals surface area contributed by atoms with Crippen molar-refractivity contribution in [2.75, 3.05) is 19.9 Å². The van der Waals surface area contributed by atoms with Crippen LogP contribution in [0.15, 0.2) is 33.6 Å². The maximum Gasteiger partial charge on any atom is 0.256 e. The van der Waals surface area contributed by atoms with Gasteiger partial charge in [-0.05, 0) is 24.3 Å². The minimum atomic E-state index is -0.0505. The summed E-state index contributed by atoms with van der Waals surface area (Å²) in [4.78, 5) is 17.2. The zero-order valence-electron chi connectivity index (χ0n) is 8.57. The van der Waals surface area contributed by atoms with Crippen molar-refractivity contribution in [1.82, 2.24) is 5.06 Å². The average Bonchev–Trinajstić information content (AvgIpc) is 2.26. The molecule has 1 rings (SSSR count). The van der Waals surface area contributed by atoms with E-state index < -0.39 is 0 Å². The number of hydrogen-bond donors (Lipinski definition) is 0. The Labute approximate surface area is 102 Å². The van der Waals surface area contributed by atoms with Crippen LogP contribution in [0.2, 0.25) is 0 Å². The second kappa shape index (κ2) is 6.15. The van der Waals surface area contributed by atoms with Crippen LogP contribution in [0.4, 0.5) is 0 Å². The van der Waals surface area contributed by atoms with E-state index in [1.54, 1.807) is 7.05 Å². The summed E-state index contributed by atoms with van der Waals surface area (Å²) in [6.45, 7) is 0. The monoisotopic (exact) mass is 289 g/mol. The number of thioether (sulfide) groups is 1. The molecule has 1 aromatic rings. The van der Waals surface area contributed by atoms with Crippen LogP contribution in [-0.4, -0.2) is 30.9 Å². The topological polar surface area (TPSA) is 29.5 Å². The molecule has 0 atom stereocenters. The molecule has 0 bridgehead atoms. The number of hydroxylamine groups is 2. The van der Waals surface area contributed by atoms with Crippen molar-refractivity contribution < 1.29 is 9.63 Å². The molecule has 0 aliphatic carbocycles. The van der Waals surface area contributed by atoms with Crippen LogP contribution in [0.3, 0.4) is 0 Å². The lowest BCUT2D eigenvalue weighted by Crippen LogP contribution is -2.26. The lowest BCUT2D eigenvalue weighted by atomic mass is 10.4. The molecule has 15 heavy (non-hydrogen) atoms. The van der Waals surface area contributed by atoms with E-state index in [-0.39, 0.29) is 5.91 Å². The molecule has 0 aromatic heterocycles. The van der Waals surface area contributed by atoms with Gasteiger partial charge in [0.2, 0.25) is 0 Å². The first kappa shape index (κ1) is 12.5. The van der Waals surface area contributed by atoms with E-state index in [4.69, 9.17) is 4.84 Å². The Kier molecular flexibility index (Phi) is 5.14. The molecule has 0 aliphatic rings. The lowest BCUT2D eigenvalue weighted by molar-refractivity contribution is -0.165. The zero-order valence-corrected chi connectivity index (χ0v) is 11.0. The van der Waals surface area contributed by atoms with Gasteiger partial charge in [-0.2, -0.15) is 0 Å². The van der Waals surface area contributed by atoms with Crippen LogP contribution in [0.1, 0.15) is 0 Å². The fraction of sp³-hybridized carbons (Fsp3) is 0.300. The average molecular weight is 290 g/mol. The molecular weight excluding hydrogens is 278 g/mol. The third-order valence-electron chi connectivity index (χ3n) is 1.80. The number of hydrogen-bond acceptors (Lipinski definition) is 3. The molecule has 0 saturated carbocycles. The van der Waals surface area contributed by atoms with E-state index in [0.717, 1.165) is 9.37 Å². The number of amides is 1. The first-order valence-electron chi connectivity index (χ1n) is 4.32. The van der Waals surface area contributed by atoms with Crippen molar-refractivity contribution in [2.24, 2.45) is 0 Å². The summed E-state index contributed by atoms with van der Waals surface area (Å²) < 4.78 is 1.03. The van der Waals surface area contributed by atoms with E-state index in [2.05, 4.69) is 15.9 Å². The summed E-state index contributed by atoms with van der Waals surface area (Å²) in [5.74, 6) is 0.330. The summed E-state index contributed by atoms with van der Waals surface area (Å²) >= 11 is 4.84. The fourth-order valence-corrected chi connectivity index (χ4v) is 1.93. The molecule has 0 N–H and O–H groups in total. The van der Waals surface area contributed by atoms with E-state index in [0.29, 0.717) is 5.75 Å². The van der Waals surface area contributed by atoms with Crippen molar-refractivity contribution in [2.45, 2.75) is 4.90 Å². The third-order valence-corrected chi connectivity index (χ3v) is 3.33. The van der Waals surface area contributed by atoms with Crippen molar-refractivity contribution in [3.8, 4) is 0 Å². The van der Waals surface area contributed by atoms with E-state index >= 15 is 0 Å². The minimum absolute atomic E-state index is 0.0505. The third kappa shape index (κ3) is 4.24. The maximum atomic E-state index is 11.4. The van der Waals surface area contributed by atoms with Crippen LogP contribution < -0.4 is 0 Å². The predicted molar refractivity (Wildman–Crippen MR) is 64.6 cm³/mol. The smallest absolute Gasteiger partial charge is 0.256 e. The number of rotatable bonds is 4. The van der Waals surface area contributed by atoms with Crippen LogP contribution in [-0.2, 0) is 9.63 Å². The largest absolute Gasteiger partial charge is 0.275 e. The highest BCUT2D eigenvalue weighted by Gasteiger charge is 2.07. The molecule has 82 valence electrons. The molecule has 0 unspecified atom stereocenters. The van der Waals surface area contributed by atoms with Gasteiger partial charge in [-0.15, -0.1) is 11.8 Å². The van der Waals surface area contributed by atoms with Crippen LogP contribution in [0.25, 0.3) is 0 Å². The Morgan fingerprint density at radius 1 is 1.47 bits per heavy atom. The molecule has 5 heteroatoms. The first-order valence-corrected chi connectivity index (χ1v) is 6.10. The van der Waals surface area contributed by atoms with E-state index in [1.807, 2.05) is 24.3 Å². The van der Waals surface area contributed by atoms with E-state index in [9.17, 15) is 4.79 Å². The molecule has 0 fully saturated rings. The van der Waals surface area contributed by atoms with Crippen LogP contribution >= 0.6 is 27.7 Å². The molecule has 1 aromatic carbocycles. The standard InChI is InChI=1S/C10H12BrNO2S/c1-12(14-2)10(13)7-15-9-5-3-8(11)4-6-9/h3-6H,7H2,1-2H3. The Balaban J connectivity index is 2.43. The molecule has 0 heterocycles. The Morgan fingerprint density at radius 2 is 2.07 bits per heavy atom. The Morgan fingerprint density at radius 3 is 2.60 bits per heavy atom. The van der Waals surface area contributed by atoms with Crippen LogP contribution in [0, 0.1) is 0 Å². The van der Waals surface area contributed by atoms with Gasteiger partial charge >= 0.3 is 0 Å². The summed E-state index contributed by atoms with van der Waals surface area (Å²) in [5.41, 5.74) is 0. The van der Waals surface area contributed by atoms with Gasteiger partial charge in [-0.3, -0.25) is 9.63 Å². The van der Waals surface area contributed by atoms with Gasteiger partial charge in [0, 0.05) is 16.4 Å². The summed E-state index contributed by atoms with van der Waals surface area (Å²) in [6, 6.07) is 7.84. The number of carbonyl (C=O) groups is 1. The number of carbonyl (C=O) groups excluding carboxylic acids is 1. The predicted octanol–water partition coefficient (Wildman–Crippen LogP) is 2.56. The Hall–Kier alpha value is -0.520. The maximum absolute atomic E-state index is 11.4. The summed E-state index contributed by atoms with van der Waals surface area (Å²) in [5, 5.41) is 1.23. The SMILES string of the molecule is CON(C)C(=O)CSc1ccc(Br)cc1. The zero-order chi connectivity index (χ0) is 11.3. The molecule has 3 nitrogen and oxygen atoms in total. The van der Waals surface area contributed by atoms with Crippen LogP contribution in [0.5, 0.6) is 0 Å². The molecule has 0 saturated heterocycles. The van der Waals surface area contributed by atoms with Crippen molar-refractivity contribution in [1.29, 1.82) is 0 Å². The number of nitrogens with zero attached hydrogens (tertiary/aromatic N) is 1. The van der Waals surface area contributed by atoms with Gasteiger partial charge in [0.15, 0.2) is 0 Å². The highest BCUT2D eigenvalue weighted by molar-refractivity contribution is 9.10. The minimum Gasteiger partial charge on any atom is -0.275 e. The molecule has 0 radical (unpaired) electrons. The molecule has 0 spiro atoms. The van der Waals surface area contributed by atoms with Gasteiger partial charge in [0.1, 0.15) is 0 Å². The second-order valence-corrected chi connectivity index (χ2v) is 4.78. The number of benzene rings is 1. The normalized spacial score (nSPS) is 10.1. The highest BCUT2D eigenvalue weighted by Crippen LogP contribution is 2.20. The van der Waals surface area contributed by atoms with Gasteiger partial charge in [0.05, 0.1) is 12.9 Å². The Bertz CT molecular complexity index is 329. The van der Waals surface area contributed by atoms with Crippen molar-refractivity contribution >= 4 is 33.6 Å². The van der Waals surface area contributed by atoms with E-state index in [1.165, 1.54) is 23.9 Å². The van der Waals surface area contributed by atoms with Gasteiger partial charge in [-0.25, -0.2) is 5.06 Å². The highest BCUT2D eigenvalue weighted by atomic mass is 79.9. The van der Waals surface area contributed by atoms with Gasteiger partial charge < -0.3 is 0 Å². The van der Waals surface area contributed by atoms with Crippen molar-refractivity contribution in [3.05, 3.63) is 28.7 Å². The summed E-state index contributed by atoms with van der Waals surface area (Å²) in [6.07, 6.45) is 0. The summed E-state index contributed by atoms with van der Waals surface area (Å²) in [7, 11) is 3.08. The van der Waals surface area contributed by atoms with Gasteiger partial charge in [-0.1, -0.05) is 15.9 Å². The second-order valence-electron chi connectivity index (χ2n) is 2.82.